The second-order valence-corrected chi connectivity index (χ2v) is 9.66. The molecule has 0 unspecified atom stereocenters. The monoisotopic (exact) mass is 556 g/mol. The van der Waals surface area contributed by atoms with Crippen LogP contribution in [-0.2, 0) is 14.3 Å². The number of fused-ring (bicyclic) bond motifs is 3. The quantitative estimate of drug-likeness (QED) is 0.218. The summed E-state index contributed by atoms with van der Waals surface area (Å²) in [5.74, 6) is -1.58. The van der Waals surface area contributed by atoms with Crippen LogP contribution in [0.25, 0.3) is 17.2 Å². The zero-order valence-corrected chi connectivity index (χ0v) is 23.4. The standard InChI is InChI=1S/C32H36N4O5/c1-3-36(4-2)18-17-33-28-15-13-22(14-16-31(38)39)19-29(28)35-30(37)20-34-32(40)41-21-27-25-11-7-5-9-23(25)24-10-6-8-12-26(24)27/h5-16,19,27,33H,3-4,17-18,20-21H2,1-2H3,(H,34,40)(H,35,37)(H,38,39)/b16-14+. The second-order valence-electron chi connectivity index (χ2n) is 9.66. The normalized spacial score (nSPS) is 12.2. The number of benzene rings is 3. The summed E-state index contributed by atoms with van der Waals surface area (Å²) in [5.41, 5.74) is 6.28. The molecule has 0 aliphatic heterocycles. The van der Waals surface area contributed by atoms with Crippen molar-refractivity contribution in [2.45, 2.75) is 19.8 Å². The van der Waals surface area contributed by atoms with E-state index in [2.05, 4.69) is 46.8 Å². The Hall–Kier alpha value is -4.63. The maximum atomic E-state index is 12.8. The van der Waals surface area contributed by atoms with Gasteiger partial charge in [0.25, 0.3) is 0 Å². The molecule has 0 radical (unpaired) electrons. The fourth-order valence-corrected chi connectivity index (χ4v) is 4.98. The van der Waals surface area contributed by atoms with Gasteiger partial charge in [0.05, 0.1) is 11.4 Å². The van der Waals surface area contributed by atoms with Gasteiger partial charge in [-0.05, 0) is 59.1 Å². The van der Waals surface area contributed by atoms with E-state index in [1.54, 1.807) is 18.2 Å². The topological polar surface area (TPSA) is 120 Å². The van der Waals surface area contributed by atoms with Crippen molar-refractivity contribution in [1.29, 1.82) is 0 Å². The molecule has 9 heteroatoms. The van der Waals surface area contributed by atoms with E-state index in [4.69, 9.17) is 9.84 Å². The smallest absolute Gasteiger partial charge is 0.407 e. The summed E-state index contributed by atoms with van der Waals surface area (Å²) >= 11 is 0. The summed E-state index contributed by atoms with van der Waals surface area (Å²) in [6.07, 6.45) is 1.80. The molecule has 3 aromatic rings. The average Bonchev–Trinajstić information content (AvgIpc) is 3.30. The van der Waals surface area contributed by atoms with Crippen molar-refractivity contribution in [2.24, 2.45) is 0 Å². The molecule has 2 amide bonds. The van der Waals surface area contributed by atoms with E-state index in [0.717, 1.165) is 48.0 Å². The van der Waals surface area contributed by atoms with E-state index >= 15 is 0 Å². The Morgan fingerprint density at radius 2 is 1.59 bits per heavy atom. The SMILES string of the molecule is CCN(CC)CCNc1ccc(/C=C/C(=O)O)cc1NC(=O)CNC(=O)OCC1c2ccccc2-c2ccccc21. The highest BCUT2D eigenvalue weighted by atomic mass is 16.5. The first-order chi connectivity index (χ1) is 19.9. The van der Waals surface area contributed by atoms with Crippen LogP contribution in [0, 0.1) is 0 Å². The lowest BCUT2D eigenvalue weighted by Crippen LogP contribution is -2.34. The van der Waals surface area contributed by atoms with Gasteiger partial charge in [0.1, 0.15) is 13.2 Å². The van der Waals surface area contributed by atoms with Crippen molar-refractivity contribution in [1.82, 2.24) is 10.2 Å². The molecule has 41 heavy (non-hydrogen) atoms. The van der Waals surface area contributed by atoms with Gasteiger partial charge in [0, 0.05) is 25.1 Å². The van der Waals surface area contributed by atoms with Crippen LogP contribution in [0.3, 0.4) is 0 Å². The summed E-state index contributed by atoms with van der Waals surface area (Å²) in [6, 6.07) is 21.4. The summed E-state index contributed by atoms with van der Waals surface area (Å²) < 4.78 is 5.52. The van der Waals surface area contributed by atoms with Gasteiger partial charge in [-0.3, -0.25) is 4.79 Å². The van der Waals surface area contributed by atoms with Gasteiger partial charge in [0.2, 0.25) is 5.91 Å². The first-order valence-electron chi connectivity index (χ1n) is 13.8. The van der Waals surface area contributed by atoms with Crippen LogP contribution in [0.4, 0.5) is 16.2 Å². The predicted octanol–water partition coefficient (Wildman–Crippen LogP) is 5.02. The molecule has 214 valence electrons. The lowest BCUT2D eigenvalue weighted by molar-refractivity contribution is -0.131. The zero-order chi connectivity index (χ0) is 29.2. The van der Waals surface area contributed by atoms with Crippen LogP contribution in [0.15, 0.2) is 72.8 Å². The van der Waals surface area contributed by atoms with Crippen molar-refractivity contribution >= 4 is 35.4 Å². The summed E-state index contributed by atoms with van der Waals surface area (Å²) in [7, 11) is 0. The Morgan fingerprint density at radius 3 is 2.22 bits per heavy atom. The van der Waals surface area contributed by atoms with Gasteiger partial charge in [-0.2, -0.15) is 0 Å². The van der Waals surface area contributed by atoms with E-state index in [1.807, 2.05) is 36.4 Å². The molecular formula is C32H36N4O5. The minimum absolute atomic E-state index is 0.0754. The van der Waals surface area contributed by atoms with Crippen molar-refractivity contribution in [3.05, 3.63) is 89.5 Å². The molecule has 0 saturated carbocycles. The van der Waals surface area contributed by atoms with Crippen molar-refractivity contribution < 1.29 is 24.2 Å². The van der Waals surface area contributed by atoms with E-state index in [1.165, 1.54) is 6.08 Å². The third kappa shape index (κ3) is 7.73. The number of ether oxygens (including phenoxy) is 1. The van der Waals surface area contributed by atoms with E-state index in [0.29, 0.717) is 23.5 Å². The van der Waals surface area contributed by atoms with Crippen molar-refractivity contribution in [3.63, 3.8) is 0 Å². The minimum atomic E-state index is -1.07. The van der Waals surface area contributed by atoms with Crippen LogP contribution < -0.4 is 16.0 Å². The van der Waals surface area contributed by atoms with Gasteiger partial charge < -0.3 is 30.7 Å². The Labute approximate surface area is 240 Å². The Morgan fingerprint density at radius 1 is 0.927 bits per heavy atom. The van der Waals surface area contributed by atoms with Crippen molar-refractivity contribution in [3.8, 4) is 11.1 Å². The number of hydrogen-bond acceptors (Lipinski definition) is 6. The maximum absolute atomic E-state index is 12.8. The van der Waals surface area contributed by atoms with Gasteiger partial charge in [-0.15, -0.1) is 0 Å². The Balaban J connectivity index is 1.34. The molecular weight excluding hydrogens is 520 g/mol. The van der Waals surface area contributed by atoms with Crippen LogP contribution in [0.1, 0.15) is 36.5 Å². The van der Waals surface area contributed by atoms with Crippen LogP contribution in [0.5, 0.6) is 0 Å². The number of nitrogens with zero attached hydrogens (tertiary/aromatic N) is 1. The predicted molar refractivity (Wildman–Crippen MR) is 161 cm³/mol. The van der Waals surface area contributed by atoms with Crippen LogP contribution in [0.2, 0.25) is 0 Å². The number of carbonyl (C=O) groups is 3. The molecule has 3 aromatic carbocycles. The van der Waals surface area contributed by atoms with Gasteiger partial charge in [0.15, 0.2) is 0 Å². The largest absolute Gasteiger partial charge is 0.478 e. The molecule has 0 fully saturated rings. The van der Waals surface area contributed by atoms with E-state index in [-0.39, 0.29) is 19.1 Å². The molecule has 4 rings (SSSR count). The summed E-state index contributed by atoms with van der Waals surface area (Å²) in [6.45, 7) is 7.41. The van der Waals surface area contributed by atoms with Gasteiger partial charge >= 0.3 is 12.1 Å². The van der Waals surface area contributed by atoms with Gasteiger partial charge in [-0.1, -0.05) is 68.4 Å². The molecule has 0 saturated heterocycles. The molecule has 0 spiro atoms. The number of aliphatic carboxylic acids is 1. The van der Waals surface area contributed by atoms with Crippen LogP contribution in [-0.4, -0.2) is 67.3 Å². The molecule has 9 nitrogen and oxygen atoms in total. The number of amides is 2. The average molecular weight is 557 g/mol. The molecule has 0 aromatic heterocycles. The fraction of sp³-hybridized carbons (Fsp3) is 0.281. The number of anilines is 2. The highest BCUT2D eigenvalue weighted by molar-refractivity contribution is 5.97. The van der Waals surface area contributed by atoms with Crippen LogP contribution >= 0.6 is 0 Å². The van der Waals surface area contributed by atoms with E-state index in [9.17, 15) is 14.4 Å². The first kappa shape index (κ1) is 29.4. The number of carbonyl (C=O) groups excluding carboxylic acids is 2. The number of rotatable bonds is 13. The Bertz CT molecular complexity index is 1370. The molecule has 0 bridgehead atoms. The third-order valence-corrected chi connectivity index (χ3v) is 7.11. The second kappa shape index (κ2) is 14.1. The molecule has 0 atom stereocenters. The fourth-order valence-electron chi connectivity index (χ4n) is 4.98. The minimum Gasteiger partial charge on any atom is -0.478 e. The van der Waals surface area contributed by atoms with Crippen molar-refractivity contribution in [2.75, 3.05) is 50.0 Å². The van der Waals surface area contributed by atoms with E-state index < -0.39 is 18.0 Å². The number of alkyl carbamates (subject to hydrolysis) is 1. The molecule has 4 N–H and O–H groups in total. The lowest BCUT2D eigenvalue weighted by atomic mass is 9.98. The third-order valence-electron chi connectivity index (χ3n) is 7.11. The molecule has 0 heterocycles. The number of carboxylic acids is 1. The molecule has 1 aliphatic rings. The van der Waals surface area contributed by atoms with Gasteiger partial charge in [-0.25, -0.2) is 9.59 Å². The number of hydrogen-bond donors (Lipinski definition) is 4. The lowest BCUT2D eigenvalue weighted by Gasteiger charge is -2.20. The number of likely N-dealkylation sites (N-methyl/N-ethyl adjacent to an activating group) is 1. The molecule has 1 aliphatic carbocycles. The summed E-state index contributed by atoms with van der Waals surface area (Å²) in [4.78, 5) is 38.5. The Kier molecular flexibility index (Phi) is 10.1. The number of carboxylic acid groups (broad SMARTS) is 1. The highest BCUT2D eigenvalue weighted by Gasteiger charge is 2.29. The summed E-state index contributed by atoms with van der Waals surface area (Å²) in [5, 5.41) is 17.6. The zero-order valence-electron chi connectivity index (χ0n) is 23.4. The first-order valence-corrected chi connectivity index (χ1v) is 13.8. The maximum Gasteiger partial charge on any atom is 0.407 e. The highest BCUT2D eigenvalue weighted by Crippen LogP contribution is 2.44. The number of nitrogens with one attached hydrogen (secondary N) is 3.